The van der Waals surface area contributed by atoms with Crippen LogP contribution in [0.4, 0.5) is 0 Å². The summed E-state index contributed by atoms with van der Waals surface area (Å²) >= 11 is 0. The average Bonchev–Trinajstić information content (AvgIpc) is 3.68. The highest BCUT2D eigenvalue weighted by Crippen LogP contribution is 2.46. The standard InChI is InChI=1S/C38H22N4/c1-4-13-33-25(8-1)26-9-2-5-14-34(26)41(33)23-16-17-36-30(20-23)27-10-3-6-15-35(27)42(36)24-21-31-28-11-7-12-32-37(28)29(18-19-39-32)38(31)40-22-24/h1-22H. The van der Waals surface area contributed by atoms with Gasteiger partial charge in [-0.3, -0.25) is 9.97 Å². The van der Waals surface area contributed by atoms with Gasteiger partial charge in [0.1, 0.15) is 0 Å². The van der Waals surface area contributed by atoms with E-state index in [0.717, 1.165) is 39.2 Å². The molecule has 0 spiro atoms. The number of fused-ring (bicyclic) bond motifs is 9. The first-order valence-electron chi connectivity index (χ1n) is 14.3. The van der Waals surface area contributed by atoms with Crippen molar-refractivity contribution in [2.24, 2.45) is 0 Å². The van der Waals surface area contributed by atoms with Crippen LogP contribution in [0.1, 0.15) is 0 Å². The molecular formula is C38H22N4. The third-order valence-corrected chi connectivity index (χ3v) is 8.94. The summed E-state index contributed by atoms with van der Waals surface area (Å²) in [6.45, 7) is 0. The third kappa shape index (κ3) is 2.76. The minimum atomic E-state index is 1.01. The summed E-state index contributed by atoms with van der Waals surface area (Å²) in [5.74, 6) is 0. The van der Waals surface area contributed by atoms with Crippen LogP contribution in [0, 0.1) is 0 Å². The maximum absolute atomic E-state index is 5.04. The summed E-state index contributed by atoms with van der Waals surface area (Å²) in [5, 5.41) is 6.18. The van der Waals surface area contributed by atoms with E-state index in [1.165, 1.54) is 49.0 Å². The Labute approximate surface area is 240 Å². The highest BCUT2D eigenvalue weighted by molar-refractivity contribution is 6.14. The summed E-state index contributed by atoms with van der Waals surface area (Å²) in [6.07, 6.45) is 3.90. The molecule has 0 fully saturated rings. The number of nitrogens with zero attached hydrogens (tertiary/aromatic N) is 4. The van der Waals surface area contributed by atoms with Gasteiger partial charge in [-0.25, -0.2) is 0 Å². The predicted molar refractivity (Wildman–Crippen MR) is 173 cm³/mol. The fraction of sp³-hybridized carbons (Fsp3) is 0. The molecule has 4 nitrogen and oxygen atoms in total. The number of rotatable bonds is 2. The van der Waals surface area contributed by atoms with Gasteiger partial charge in [0.2, 0.25) is 0 Å². The Bertz CT molecular complexity index is 2530. The van der Waals surface area contributed by atoms with Crippen molar-refractivity contribution in [3.05, 3.63) is 134 Å². The molecule has 4 heteroatoms. The number of hydrogen-bond acceptors (Lipinski definition) is 2. The Morgan fingerprint density at radius 1 is 0.429 bits per heavy atom. The lowest BCUT2D eigenvalue weighted by molar-refractivity contribution is 1.14. The van der Waals surface area contributed by atoms with Crippen LogP contribution in [0.3, 0.4) is 0 Å². The third-order valence-electron chi connectivity index (χ3n) is 8.94. The van der Waals surface area contributed by atoms with Gasteiger partial charge in [-0.15, -0.1) is 0 Å². The molecular weight excluding hydrogens is 512 g/mol. The smallest absolute Gasteiger partial charge is 0.0789 e. The van der Waals surface area contributed by atoms with Crippen molar-refractivity contribution in [1.82, 2.24) is 19.1 Å². The lowest BCUT2D eigenvalue weighted by atomic mass is 10.1. The molecule has 42 heavy (non-hydrogen) atoms. The molecule has 1 aliphatic carbocycles. The Morgan fingerprint density at radius 3 is 1.81 bits per heavy atom. The molecule has 1 aliphatic rings. The second-order valence-electron chi connectivity index (χ2n) is 11.1. The summed E-state index contributed by atoms with van der Waals surface area (Å²) in [6, 6.07) is 43.6. The fourth-order valence-corrected chi connectivity index (χ4v) is 7.20. The highest BCUT2D eigenvalue weighted by atomic mass is 15.0. The molecule has 9 aromatic rings. The number of aromatic nitrogens is 4. The monoisotopic (exact) mass is 534 g/mol. The summed E-state index contributed by atoms with van der Waals surface area (Å²) < 4.78 is 4.74. The topological polar surface area (TPSA) is 35.6 Å². The Hall–Kier alpha value is -5.74. The molecule has 10 rings (SSSR count). The van der Waals surface area contributed by atoms with Crippen LogP contribution in [0.25, 0.3) is 88.3 Å². The molecule has 0 radical (unpaired) electrons. The van der Waals surface area contributed by atoms with Crippen molar-refractivity contribution in [1.29, 1.82) is 0 Å². The second kappa shape index (κ2) is 7.93. The first-order chi connectivity index (χ1) is 20.8. The zero-order valence-electron chi connectivity index (χ0n) is 22.5. The van der Waals surface area contributed by atoms with E-state index in [9.17, 15) is 0 Å². The Kier molecular flexibility index (Phi) is 4.15. The van der Waals surface area contributed by atoms with Crippen LogP contribution in [0.2, 0.25) is 0 Å². The lowest BCUT2D eigenvalue weighted by Gasteiger charge is -2.11. The van der Waals surface area contributed by atoms with Crippen LogP contribution in [-0.4, -0.2) is 19.1 Å². The van der Waals surface area contributed by atoms with Crippen molar-refractivity contribution in [2.45, 2.75) is 0 Å². The molecule has 0 aliphatic heterocycles. The molecule has 0 N–H and O–H groups in total. The van der Waals surface area contributed by atoms with Gasteiger partial charge < -0.3 is 9.13 Å². The lowest BCUT2D eigenvalue weighted by Crippen LogP contribution is -1.97. The SMILES string of the molecule is c1cc2c3c(ccnc3c1)-c1ncc(-n3c4ccccc4c4cc(-n5c6ccccc6c6ccccc65)ccc43)cc1-2. The van der Waals surface area contributed by atoms with E-state index in [4.69, 9.17) is 4.98 Å². The number of hydrogen-bond donors (Lipinski definition) is 0. The fourth-order valence-electron chi connectivity index (χ4n) is 7.20. The molecule has 4 aromatic heterocycles. The zero-order valence-corrected chi connectivity index (χ0v) is 22.5. The Balaban J connectivity index is 1.24. The normalized spacial score (nSPS) is 12.3. The van der Waals surface area contributed by atoms with Crippen LogP contribution in [-0.2, 0) is 0 Å². The summed E-state index contributed by atoms with van der Waals surface area (Å²) in [7, 11) is 0. The molecule has 0 atom stereocenters. The molecule has 0 amide bonds. The van der Waals surface area contributed by atoms with Gasteiger partial charge in [0, 0.05) is 49.9 Å². The average molecular weight is 535 g/mol. The maximum Gasteiger partial charge on any atom is 0.0789 e. The molecule has 5 aromatic carbocycles. The van der Waals surface area contributed by atoms with Crippen LogP contribution < -0.4 is 0 Å². The maximum atomic E-state index is 5.04. The van der Waals surface area contributed by atoms with Gasteiger partial charge in [-0.2, -0.15) is 0 Å². The van der Waals surface area contributed by atoms with E-state index in [0.29, 0.717) is 0 Å². The van der Waals surface area contributed by atoms with Gasteiger partial charge in [-0.05, 0) is 60.2 Å². The van der Waals surface area contributed by atoms with Crippen LogP contribution in [0.5, 0.6) is 0 Å². The van der Waals surface area contributed by atoms with Crippen molar-refractivity contribution in [3.63, 3.8) is 0 Å². The first kappa shape index (κ1) is 22.0. The van der Waals surface area contributed by atoms with E-state index < -0.39 is 0 Å². The Morgan fingerprint density at radius 2 is 1.07 bits per heavy atom. The van der Waals surface area contributed by atoms with E-state index in [1.54, 1.807) is 0 Å². The molecule has 4 heterocycles. The summed E-state index contributed by atoms with van der Waals surface area (Å²) in [5.41, 5.74) is 12.5. The summed E-state index contributed by atoms with van der Waals surface area (Å²) in [4.78, 5) is 9.65. The second-order valence-corrected chi connectivity index (χ2v) is 11.1. The van der Waals surface area contributed by atoms with Crippen molar-refractivity contribution < 1.29 is 0 Å². The van der Waals surface area contributed by atoms with Crippen molar-refractivity contribution in [2.75, 3.05) is 0 Å². The van der Waals surface area contributed by atoms with Gasteiger partial charge in [0.05, 0.1) is 45.2 Å². The van der Waals surface area contributed by atoms with Gasteiger partial charge in [-0.1, -0.05) is 66.7 Å². The van der Waals surface area contributed by atoms with Gasteiger partial charge >= 0.3 is 0 Å². The number of para-hydroxylation sites is 3. The van der Waals surface area contributed by atoms with E-state index in [2.05, 4.69) is 135 Å². The van der Waals surface area contributed by atoms with Crippen molar-refractivity contribution in [3.8, 4) is 33.8 Å². The minimum Gasteiger partial charge on any atom is -0.309 e. The van der Waals surface area contributed by atoms with Crippen molar-refractivity contribution >= 4 is 54.5 Å². The van der Waals surface area contributed by atoms with Gasteiger partial charge in [0.15, 0.2) is 0 Å². The molecule has 0 saturated heterocycles. The molecule has 0 saturated carbocycles. The van der Waals surface area contributed by atoms with Gasteiger partial charge in [0.25, 0.3) is 0 Å². The van der Waals surface area contributed by atoms with E-state index >= 15 is 0 Å². The largest absolute Gasteiger partial charge is 0.309 e. The van der Waals surface area contributed by atoms with Crippen LogP contribution >= 0.6 is 0 Å². The zero-order chi connectivity index (χ0) is 27.4. The van der Waals surface area contributed by atoms with Crippen LogP contribution in [0.15, 0.2) is 134 Å². The van der Waals surface area contributed by atoms with E-state index in [-0.39, 0.29) is 0 Å². The highest BCUT2D eigenvalue weighted by Gasteiger charge is 2.24. The minimum absolute atomic E-state index is 1.01. The van der Waals surface area contributed by atoms with E-state index in [1.807, 2.05) is 12.4 Å². The predicted octanol–water partition coefficient (Wildman–Crippen LogP) is 9.47. The molecule has 0 bridgehead atoms. The molecule has 194 valence electrons. The number of benzene rings is 5. The quantitative estimate of drug-likeness (QED) is 0.221. The first-order valence-corrected chi connectivity index (χ1v) is 14.3. The molecule has 0 unspecified atom stereocenters. The number of pyridine rings is 2.